The minimum absolute atomic E-state index is 0.0192. The number of anilines is 1. The van der Waals surface area contributed by atoms with Crippen molar-refractivity contribution in [2.24, 2.45) is 0 Å². The highest BCUT2D eigenvalue weighted by atomic mass is 16.5. The fraction of sp³-hybridized carbons (Fsp3) is 0.200. The van der Waals surface area contributed by atoms with Crippen molar-refractivity contribution in [2.45, 2.75) is 6.54 Å². The topological polar surface area (TPSA) is 50.4 Å². The molecule has 2 rings (SSSR count). The summed E-state index contributed by atoms with van der Waals surface area (Å²) < 4.78 is 10.4. The van der Waals surface area contributed by atoms with Crippen LogP contribution in [-0.2, 0) is 11.7 Å². The Hall–Kier alpha value is -2.36. The van der Waals surface area contributed by atoms with E-state index < -0.39 is 0 Å². The van der Waals surface area contributed by atoms with E-state index >= 15 is 0 Å². The van der Waals surface area contributed by atoms with Crippen LogP contribution in [0.4, 0.5) is 5.69 Å². The Bertz CT molecular complexity index is 538. The Balaban J connectivity index is 2.08. The summed E-state index contributed by atoms with van der Waals surface area (Å²) in [4.78, 5) is 0. The zero-order valence-electron chi connectivity index (χ0n) is 11.0. The van der Waals surface area contributed by atoms with Gasteiger partial charge >= 0.3 is 0 Å². The minimum atomic E-state index is 0.0192. The van der Waals surface area contributed by atoms with Gasteiger partial charge in [0.25, 0.3) is 0 Å². The van der Waals surface area contributed by atoms with Crippen LogP contribution in [0.1, 0.15) is 5.56 Å². The van der Waals surface area contributed by atoms with Crippen molar-refractivity contribution in [1.82, 2.24) is 0 Å². The van der Waals surface area contributed by atoms with Crippen LogP contribution in [0, 0.1) is 0 Å². The van der Waals surface area contributed by atoms with E-state index in [2.05, 4.69) is 5.32 Å². The summed E-state index contributed by atoms with van der Waals surface area (Å²) in [6.07, 6.45) is 0. The second-order valence-corrected chi connectivity index (χ2v) is 4.06. The van der Waals surface area contributed by atoms with Crippen LogP contribution in [0.15, 0.2) is 42.5 Å². The molecule has 0 unspecified atom stereocenters. The minimum Gasteiger partial charge on any atom is -0.497 e. The first-order valence-electron chi connectivity index (χ1n) is 5.95. The van der Waals surface area contributed by atoms with Crippen LogP contribution in [0.5, 0.6) is 17.2 Å². The quantitative estimate of drug-likeness (QED) is 0.893. The van der Waals surface area contributed by atoms with Crippen molar-refractivity contribution < 1.29 is 14.6 Å². The summed E-state index contributed by atoms with van der Waals surface area (Å²) in [7, 11) is 3.23. The van der Waals surface area contributed by atoms with Gasteiger partial charge in [-0.05, 0) is 29.8 Å². The number of nitrogens with one attached hydrogen (secondary N) is 1. The van der Waals surface area contributed by atoms with Crippen molar-refractivity contribution in [2.75, 3.05) is 19.5 Å². The largest absolute Gasteiger partial charge is 0.497 e. The number of benzene rings is 2. The molecule has 0 spiro atoms. The molecule has 0 heterocycles. The molecular weight excluding hydrogens is 242 g/mol. The zero-order valence-corrected chi connectivity index (χ0v) is 11.0. The number of rotatable bonds is 5. The average Bonchev–Trinajstić information content (AvgIpc) is 2.46. The molecule has 4 heteroatoms. The van der Waals surface area contributed by atoms with Gasteiger partial charge in [-0.1, -0.05) is 12.1 Å². The lowest BCUT2D eigenvalue weighted by Gasteiger charge is -2.12. The maximum Gasteiger partial charge on any atom is 0.178 e. The Morgan fingerprint density at radius 3 is 2.37 bits per heavy atom. The molecule has 0 fully saturated rings. The summed E-state index contributed by atoms with van der Waals surface area (Å²) in [5.41, 5.74) is 1.92. The molecule has 0 saturated carbocycles. The van der Waals surface area contributed by atoms with Gasteiger partial charge in [-0.15, -0.1) is 0 Å². The maximum atomic E-state index is 11.0. The van der Waals surface area contributed by atoms with Crippen LogP contribution in [0.25, 0.3) is 0 Å². The summed E-state index contributed by atoms with van der Waals surface area (Å²) in [5.74, 6) is 1.49. The molecule has 1 N–H and O–H groups in total. The van der Waals surface area contributed by atoms with Gasteiger partial charge < -0.3 is 14.8 Å². The lowest BCUT2D eigenvalue weighted by molar-refractivity contribution is 0.355. The second-order valence-electron chi connectivity index (χ2n) is 4.06. The van der Waals surface area contributed by atoms with E-state index in [4.69, 9.17) is 9.47 Å². The molecule has 0 saturated heterocycles. The van der Waals surface area contributed by atoms with E-state index in [1.807, 2.05) is 30.3 Å². The van der Waals surface area contributed by atoms with Crippen molar-refractivity contribution in [3.05, 3.63) is 48.0 Å². The molecule has 4 nitrogen and oxygen atoms in total. The molecule has 0 aliphatic rings. The lowest BCUT2D eigenvalue weighted by Crippen LogP contribution is -2.01. The number of hydrogen-bond donors (Lipinski definition) is 1. The molecule has 0 aliphatic carbocycles. The fourth-order valence-electron chi connectivity index (χ4n) is 1.75. The van der Waals surface area contributed by atoms with E-state index in [-0.39, 0.29) is 5.75 Å². The maximum absolute atomic E-state index is 11.0. The van der Waals surface area contributed by atoms with E-state index in [0.29, 0.717) is 6.54 Å². The van der Waals surface area contributed by atoms with Gasteiger partial charge in [0.15, 0.2) is 5.75 Å². The van der Waals surface area contributed by atoms with Gasteiger partial charge in [0, 0.05) is 12.6 Å². The predicted octanol–water partition coefficient (Wildman–Crippen LogP) is 3.46. The van der Waals surface area contributed by atoms with Gasteiger partial charge in [-0.3, -0.25) is 5.11 Å². The van der Waals surface area contributed by atoms with Crippen LogP contribution < -0.4 is 14.8 Å². The third-order valence-corrected chi connectivity index (χ3v) is 2.82. The third kappa shape index (κ3) is 3.31. The average molecular weight is 258 g/mol. The molecule has 0 amide bonds. The van der Waals surface area contributed by atoms with Gasteiger partial charge in [-0.2, -0.15) is 0 Å². The highest BCUT2D eigenvalue weighted by molar-refractivity contribution is 5.59. The molecule has 99 valence electrons. The molecule has 19 heavy (non-hydrogen) atoms. The molecule has 0 bridgehead atoms. The number of methoxy groups -OCH3 is 2. The van der Waals surface area contributed by atoms with Crippen molar-refractivity contribution >= 4 is 5.69 Å². The molecule has 0 aliphatic heterocycles. The lowest BCUT2D eigenvalue weighted by atomic mass is 10.2. The molecule has 0 atom stereocenters. The van der Waals surface area contributed by atoms with Crippen molar-refractivity contribution in [1.29, 1.82) is 0 Å². The highest BCUT2D eigenvalue weighted by Gasteiger charge is 2.04. The van der Waals surface area contributed by atoms with E-state index in [0.717, 1.165) is 22.7 Å². The van der Waals surface area contributed by atoms with Crippen LogP contribution in [-0.4, -0.2) is 14.2 Å². The molecule has 0 aromatic heterocycles. The molecule has 1 radical (unpaired) electrons. The van der Waals surface area contributed by atoms with Gasteiger partial charge in [0.1, 0.15) is 11.5 Å². The van der Waals surface area contributed by atoms with Gasteiger partial charge in [0.05, 0.1) is 19.9 Å². The first-order valence-corrected chi connectivity index (χ1v) is 5.95. The normalized spacial score (nSPS) is 10.0. The molecule has 2 aromatic carbocycles. The summed E-state index contributed by atoms with van der Waals surface area (Å²) in [6, 6.07) is 12.3. The second kappa shape index (κ2) is 6.00. The molecular formula is C15H16NO3. The van der Waals surface area contributed by atoms with E-state index in [1.54, 1.807) is 26.4 Å². The van der Waals surface area contributed by atoms with Crippen LogP contribution >= 0.6 is 0 Å². The van der Waals surface area contributed by atoms with Crippen LogP contribution in [0.3, 0.4) is 0 Å². The number of hydrogen-bond acceptors (Lipinski definition) is 3. The fourth-order valence-corrected chi connectivity index (χ4v) is 1.75. The standard InChI is InChI=1S/C15H16NO3/c1-18-13-7-8-14(15(9-13)19-2)16-10-11-3-5-12(17)6-4-11/h3-9,16H,10H2,1-2H3. The SMILES string of the molecule is COc1ccc(NCc2ccc([O])cc2)c(OC)c1. The van der Waals surface area contributed by atoms with Gasteiger partial charge in [-0.25, -0.2) is 0 Å². The predicted molar refractivity (Wildman–Crippen MR) is 73.4 cm³/mol. The summed E-state index contributed by atoms with van der Waals surface area (Å²) in [6.45, 7) is 0.628. The summed E-state index contributed by atoms with van der Waals surface area (Å²) >= 11 is 0. The Morgan fingerprint density at radius 1 is 1.00 bits per heavy atom. The highest BCUT2D eigenvalue weighted by Crippen LogP contribution is 2.29. The van der Waals surface area contributed by atoms with Crippen molar-refractivity contribution in [3.8, 4) is 17.2 Å². The first-order chi connectivity index (χ1) is 9.22. The monoisotopic (exact) mass is 258 g/mol. The van der Waals surface area contributed by atoms with E-state index in [9.17, 15) is 5.11 Å². The zero-order chi connectivity index (χ0) is 13.7. The Kier molecular flexibility index (Phi) is 4.13. The van der Waals surface area contributed by atoms with E-state index in [1.165, 1.54) is 0 Å². The smallest absolute Gasteiger partial charge is 0.178 e. The third-order valence-electron chi connectivity index (χ3n) is 2.82. The Morgan fingerprint density at radius 2 is 1.74 bits per heavy atom. The van der Waals surface area contributed by atoms with Crippen LogP contribution in [0.2, 0.25) is 0 Å². The molecule has 2 aromatic rings. The van der Waals surface area contributed by atoms with Crippen molar-refractivity contribution in [3.63, 3.8) is 0 Å². The number of ether oxygens (including phenoxy) is 2. The summed E-state index contributed by atoms with van der Waals surface area (Å²) in [5, 5.41) is 14.3. The first kappa shape index (κ1) is 13.1. The Labute approximate surface area is 112 Å². The van der Waals surface area contributed by atoms with Gasteiger partial charge in [0.2, 0.25) is 0 Å².